The number of aromatic amines is 1. The van der Waals surface area contributed by atoms with Gasteiger partial charge in [0.1, 0.15) is 0 Å². The quantitative estimate of drug-likeness (QED) is 0.700. The minimum atomic E-state index is 0.0590. The molecule has 3 aromatic rings. The minimum Gasteiger partial charge on any atom is -0.338 e. The molecule has 0 saturated carbocycles. The Morgan fingerprint density at radius 2 is 1.85 bits per heavy atom. The molecule has 3 heterocycles. The molecule has 6 nitrogen and oxygen atoms in total. The highest BCUT2D eigenvalue weighted by molar-refractivity contribution is 7.99. The SMILES string of the molecule is O=C(CSc1nc2ccccc2[nH]1)N1CCN(C(=O)c2cccs2)CC1. The summed E-state index contributed by atoms with van der Waals surface area (Å²) in [6.45, 7) is 2.32. The van der Waals surface area contributed by atoms with Crippen molar-refractivity contribution in [2.24, 2.45) is 0 Å². The van der Waals surface area contributed by atoms with Crippen molar-refractivity contribution in [3.05, 3.63) is 46.7 Å². The molecular formula is C18H18N4O2S2. The summed E-state index contributed by atoms with van der Waals surface area (Å²) < 4.78 is 0. The first kappa shape index (κ1) is 17.1. The van der Waals surface area contributed by atoms with E-state index in [0.29, 0.717) is 31.9 Å². The average Bonchev–Trinajstić information content (AvgIpc) is 3.35. The molecule has 1 aromatic carbocycles. The maximum absolute atomic E-state index is 12.5. The molecule has 134 valence electrons. The molecule has 0 radical (unpaired) electrons. The number of para-hydroxylation sites is 2. The van der Waals surface area contributed by atoms with E-state index in [0.717, 1.165) is 21.1 Å². The second-order valence-corrected chi connectivity index (χ2v) is 7.91. The maximum atomic E-state index is 12.5. The summed E-state index contributed by atoms with van der Waals surface area (Å²) in [4.78, 5) is 36.9. The molecule has 0 atom stereocenters. The van der Waals surface area contributed by atoms with E-state index in [9.17, 15) is 9.59 Å². The van der Waals surface area contributed by atoms with Gasteiger partial charge in [-0.2, -0.15) is 0 Å². The van der Waals surface area contributed by atoms with Gasteiger partial charge in [-0.05, 0) is 23.6 Å². The smallest absolute Gasteiger partial charge is 0.264 e. The van der Waals surface area contributed by atoms with Crippen LogP contribution in [0.25, 0.3) is 11.0 Å². The molecule has 0 spiro atoms. The van der Waals surface area contributed by atoms with Crippen LogP contribution in [0.4, 0.5) is 0 Å². The standard InChI is InChI=1S/C18H18N4O2S2/c23-16(12-26-18-19-13-4-1-2-5-14(13)20-18)21-7-9-22(10-8-21)17(24)15-6-3-11-25-15/h1-6,11H,7-10,12H2,(H,19,20). The van der Waals surface area contributed by atoms with E-state index in [4.69, 9.17) is 0 Å². The highest BCUT2D eigenvalue weighted by atomic mass is 32.2. The van der Waals surface area contributed by atoms with Crippen LogP contribution in [-0.4, -0.2) is 63.5 Å². The molecule has 1 fully saturated rings. The monoisotopic (exact) mass is 386 g/mol. The first-order valence-electron chi connectivity index (χ1n) is 8.39. The predicted octanol–water partition coefficient (Wildman–Crippen LogP) is 2.70. The highest BCUT2D eigenvalue weighted by Crippen LogP contribution is 2.20. The molecule has 1 aliphatic heterocycles. The van der Waals surface area contributed by atoms with Crippen molar-refractivity contribution in [3.63, 3.8) is 0 Å². The Hall–Kier alpha value is -2.32. The molecule has 0 aliphatic carbocycles. The third kappa shape index (κ3) is 3.61. The summed E-state index contributed by atoms with van der Waals surface area (Å²) in [5, 5.41) is 2.66. The van der Waals surface area contributed by atoms with Gasteiger partial charge in [0.05, 0.1) is 21.7 Å². The van der Waals surface area contributed by atoms with Crippen LogP contribution in [0.5, 0.6) is 0 Å². The molecular weight excluding hydrogens is 368 g/mol. The van der Waals surface area contributed by atoms with Gasteiger partial charge in [0.25, 0.3) is 5.91 Å². The Morgan fingerprint density at radius 3 is 2.58 bits per heavy atom. The Labute approximate surface area is 159 Å². The molecule has 4 rings (SSSR count). The fourth-order valence-electron chi connectivity index (χ4n) is 2.93. The van der Waals surface area contributed by atoms with Crippen molar-refractivity contribution in [1.82, 2.24) is 19.8 Å². The van der Waals surface area contributed by atoms with Crippen molar-refractivity contribution >= 4 is 45.9 Å². The van der Waals surface area contributed by atoms with Gasteiger partial charge in [0, 0.05) is 26.2 Å². The number of thiophene rings is 1. The number of hydrogen-bond donors (Lipinski definition) is 1. The van der Waals surface area contributed by atoms with Gasteiger partial charge in [-0.3, -0.25) is 9.59 Å². The highest BCUT2D eigenvalue weighted by Gasteiger charge is 2.25. The molecule has 1 saturated heterocycles. The van der Waals surface area contributed by atoms with E-state index >= 15 is 0 Å². The number of fused-ring (bicyclic) bond motifs is 1. The van der Waals surface area contributed by atoms with Crippen LogP contribution in [0.1, 0.15) is 9.67 Å². The van der Waals surface area contributed by atoms with Gasteiger partial charge in [-0.15, -0.1) is 11.3 Å². The zero-order chi connectivity index (χ0) is 17.9. The lowest BCUT2D eigenvalue weighted by molar-refractivity contribution is -0.129. The Balaban J connectivity index is 1.29. The number of imidazole rings is 1. The van der Waals surface area contributed by atoms with Crippen LogP contribution in [0.2, 0.25) is 0 Å². The van der Waals surface area contributed by atoms with Gasteiger partial charge in [0.15, 0.2) is 5.16 Å². The lowest BCUT2D eigenvalue weighted by Crippen LogP contribution is -2.51. The minimum absolute atomic E-state index is 0.0590. The van der Waals surface area contributed by atoms with Crippen LogP contribution < -0.4 is 0 Å². The number of carbonyl (C=O) groups is 2. The van der Waals surface area contributed by atoms with Gasteiger partial charge in [0.2, 0.25) is 5.91 Å². The van der Waals surface area contributed by atoms with E-state index in [1.165, 1.54) is 23.1 Å². The van der Waals surface area contributed by atoms with E-state index in [1.54, 1.807) is 0 Å². The van der Waals surface area contributed by atoms with Gasteiger partial charge in [-0.1, -0.05) is 30.0 Å². The first-order valence-corrected chi connectivity index (χ1v) is 10.3. The maximum Gasteiger partial charge on any atom is 0.264 e. The van der Waals surface area contributed by atoms with Gasteiger partial charge < -0.3 is 14.8 Å². The number of H-pyrrole nitrogens is 1. The van der Waals surface area contributed by atoms with Crippen molar-refractivity contribution < 1.29 is 9.59 Å². The fourth-order valence-corrected chi connectivity index (χ4v) is 4.41. The number of aromatic nitrogens is 2. The Kier molecular flexibility index (Phi) is 4.94. The fraction of sp³-hybridized carbons (Fsp3) is 0.278. The predicted molar refractivity (Wildman–Crippen MR) is 104 cm³/mol. The molecule has 0 bridgehead atoms. The normalized spacial score (nSPS) is 14.8. The van der Waals surface area contributed by atoms with Crippen molar-refractivity contribution in [1.29, 1.82) is 0 Å². The average molecular weight is 387 g/mol. The molecule has 1 N–H and O–H groups in total. The summed E-state index contributed by atoms with van der Waals surface area (Å²) in [6.07, 6.45) is 0. The molecule has 26 heavy (non-hydrogen) atoms. The number of rotatable bonds is 4. The molecule has 0 unspecified atom stereocenters. The summed E-state index contributed by atoms with van der Waals surface area (Å²) in [7, 11) is 0. The summed E-state index contributed by atoms with van der Waals surface area (Å²) in [5.74, 6) is 0.487. The second-order valence-electron chi connectivity index (χ2n) is 6.00. The van der Waals surface area contributed by atoms with Crippen molar-refractivity contribution in [3.8, 4) is 0 Å². The van der Waals surface area contributed by atoms with Crippen LogP contribution in [0.3, 0.4) is 0 Å². The molecule has 2 aromatic heterocycles. The number of amides is 2. The summed E-state index contributed by atoms with van der Waals surface area (Å²) in [6, 6.07) is 11.5. The van der Waals surface area contributed by atoms with Crippen molar-refractivity contribution in [2.45, 2.75) is 5.16 Å². The third-order valence-corrected chi connectivity index (χ3v) is 6.07. The Morgan fingerprint density at radius 1 is 1.08 bits per heavy atom. The van der Waals surface area contributed by atoms with Gasteiger partial charge >= 0.3 is 0 Å². The number of piperazine rings is 1. The number of hydrogen-bond acceptors (Lipinski definition) is 5. The van der Waals surface area contributed by atoms with Crippen LogP contribution in [0, 0.1) is 0 Å². The van der Waals surface area contributed by atoms with Crippen LogP contribution in [0.15, 0.2) is 46.9 Å². The van der Waals surface area contributed by atoms with E-state index in [2.05, 4.69) is 9.97 Å². The number of thioether (sulfide) groups is 1. The number of carbonyl (C=O) groups excluding carboxylic acids is 2. The van der Waals surface area contributed by atoms with E-state index in [-0.39, 0.29) is 11.8 Å². The number of nitrogens with one attached hydrogen (secondary N) is 1. The van der Waals surface area contributed by atoms with Crippen LogP contribution >= 0.6 is 23.1 Å². The number of nitrogens with zero attached hydrogens (tertiary/aromatic N) is 3. The summed E-state index contributed by atoms with van der Waals surface area (Å²) >= 11 is 2.87. The topological polar surface area (TPSA) is 69.3 Å². The lowest BCUT2D eigenvalue weighted by Gasteiger charge is -2.34. The second kappa shape index (κ2) is 7.51. The Bertz CT molecular complexity index is 881. The largest absolute Gasteiger partial charge is 0.338 e. The number of benzene rings is 1. The zero-order valence-electron chi connectivity index (χ0n) is 14.1. The summed E-state index contributed by atoms with van der Waals surface area (Å²) in [5.41, 5.74) is 1.88. The lowest BCUT2D eigenvalue weighted by atomic mass is 10.3. The molecule has 2 amide bonds. The molecule has 1 aliphatic rings. The van der Waals surface area contributed by atoms with Crippen LogP contribution in [-0.2, 0) is 4.79 Å². The van der Waals surface area contributed by atoms with E-state index in [1.807, 2.05) is 51.6 Å². The zero-order valence-corrected chi connectivity index (χ0v) is 15.7. The third-order valence-electron chi connectivity index (χ3n) is 4.35. The van der Waals surface area contributed by atoms with Crippen molar-refractivity contribution in [2.75, 3.05) is 31.9 Å². The van der Waals surface area contributed by atoms with E-state index < -0.39 is 0 Å². The first-order chi connectivity index (χ1) is 12.7. The van der Waals surface area contributed by atoms with Gasteiger partial charge in [-0.25, -0.2) is 4.98 Å². The molecule has 8 heteroatoms.